The number of benzene rings is 2. The van der Waals surface area contributed by atoms with Crippen molar-refractivity contribution in [1.82, 2.24) is 10.2 Å². The first-order valence-electron chi connectivity index (χ1n) is 12.9. The van der Waals surface area contributed by atoms with Crippen LogP contribution in [0.1, 0.15) is 54.9 Å². The zero-order valence-electron chi connectivity index (χ0n) is 22.1. The van der Waals surface area contributed by atoms with Crippen LogP contribution in [0.4, 0.5) is 36.4 Å². The molecule has 1 aliphatic heterocycles. The maximum absolute atomic E-state index is 14.5. The lowest BCUT2D eigenvalue weighted by Crippen LogP contribution is -2.45. The Kier molecular flexibility index (Phi) is 8.22. The van der Waals surface area contributed by atoms with Crippen LogP contribution >= 0.6 is 0 Å². The van der Waals surface area contributed by atoms with E-state index < -0.39 is 47.2 Å². The first kappa shape index (κ1) is 29.8. The molecule has 2 fully saturated rings. The molecule has 1 aliphatic carbocycles. The molecule has 2 aromatic carbocycles. The molecule has 4 rings (SSSR count). The van der Waals surface area contributed by atoms with Gasteiger partial charge in [0.05, 0.1) is 22.2 Å². The van der Waals surface area contributed by atoms with Crippen LogP contribution in [-0.4, -0.2) is 36.9 Å². The third kappa shape index (κ3) is 6.76. The van der Waals surface area contributed by atoms with E-state index in [-0.39, 0.29) is 29.8 Å². The highest BCUT2D eigenvalue weighted by Crippen LogP contribution is 2.45. The second-order valence-corrected chi connectivity index (χ2v) is 10.8. The van der Waals surface area contributed by atoms with Crippen LogP contribution in [0.3, 0.4) is 0 Å². The minimum Gasteiger partial charge on any atom is -0.334 e. The smallest absolute Gasteiger partial charge is 0.334 e. The van der Waals surface area contributed by atoms with Gasteiger partial charge in [-0.2, -0.15) is 26.3 Å². The van der Waals surface area contributed by atoms with Crippen molar-refractivity contribution < 1.29 is 40.3 Å². The Balaban J connectivity index is 1.75. The van der Waals surface area contributed by atoms with E-state index in [0.717, 1.165) is 23.8 Å². The van der Waals surface area contributed by atoms with Crippen LogP contribution in [0.2, 0.25) is 0 Å². The second-order valence-electron chi connectivity index (χ2n) is 10.8. The molecule has 1 saturated heterocycles. The van der Waals surface area contributed by atoms with Gasteiger partial charge in [0.2, 0.25) is 11.8 Å². The van der Waals surface area contributed by atoms with Crippen molar-refractivity contribution in [3.05, 3.63) is 64.5 Å². The molecular formula is C28H30F7N3O2. The first-order valence-corrected chi connectivity index (χ1v) is 12.9. The molecule has 1 saturated carbocycles. The van der Waals surface area contributed by atoms with Crippen molar-refractivity contribution in [3.63, 3.8) is 0 Å². The average Bonchev–Trinajstić information content (AvgIpc) is 3.55. The monoisotopic (exact) mass is 573 g/mol. The Hall–Kier alpha value is -3.15. The fourth-order valence-corrected chi connectivity index (χ4v) is 5.23. The number of nitrogens with zero attached hydrogens (tertiary/aromatic N) is 2. The molecule has 0 aromatic heterocycles. The van der Waals surface area contributed by atoms with Crippen molar-refractivity contribution in [2.45, 2.75) is 58.0 Å². The lowest BCUT2D eigenvalue weighted by molar-refractivity contribution is -0.143. The summed E-state index contributed by atoms with van der Waals surface area (Å²) in [6, 6.07) is 5.13. The number of rotatable bonds is 8. The highest BCUT2D eigenvalue weighted by molar-refractivity contribution is 5.91. The van der Waals surface area contributed by atoms with Gasteiger partial charge < -0.3 is 15.1 Å². The van der Waals surface area contributed by atoms with Gasteiger partial charge in [-0.25, -0.2) is 4.39 Å². The fourth-order valence-electron chi connectivity index (χ4n) is 5.23. The predicted molar refractivity (Wildman–Crippen MR) is 133 cm³/mol. The van der Waals surface area contributed by atoms with Gasteiger partial charge in [0, 0.05) is 33.6 Å². The second kappa shape index (κ2) is 11.0. The summed E-state index contributed by atoms with van der Waals surface area (Å²) in [5.74, 6) is -1.20. The largest absolute Gasteiger partial charge is 0.416 e. The minimum absolute atomic E-state index is 0.0506. The van der Waals surface area contributed by atoms with Gasteiger partial charge in [0.15, 0.2) is 0 Å². The highest BCUT2D eigenvalue weighted by atomic mass is 19.4. The number of alkyl halides is 6. The van der Waals surface area contributed by atoms with E-state index in [9.17, 15) is 40.3 Å². The summed E-state index contributed by atoms with van der Waals surface area (Å²) in [6.07, 6.45) is -7.11. The molecule has 2 aliphatic rings. The third-order valence-electron chi connectivity index (χ3n) is 7.60. The van der Waals surface area contributed by atoms with Gasteiger partial charge in [-0.3, -0.25) is 9.59 Å². The summed E-state index contributed by atoms with van der Waals surface area (Å²) in [5, 5.41) is 3.17. The van der Waals surface area contributed by atoms with E-state index in [1.54, 1.807) is 0 Å². The molecular weight excluding hydrogens is 543 g/mol. The Labute approximate surface area is 227 Å². The number of carbonyl (C=O) groups is 2. The maximum atomic E-state index is 14.5. The van der Waals surface area contributed by atoms with E-state index in [4.69, 9.17) is 0 Å². The first-order chi connectivity index (χ1) is 18.6. The number of anilines is 1. The number of halogens is 7. The van der Waals surface area contributed by atoms with E-state index in [1.165, 1.54) is 31.0 Å². The summed E-state index contributed by atoms with van der Waals surface area (Å²) in [7, 11) is 1.36. The van der Waals surface area contributed by atoms with Crippen molar-refractivity contribution in [3.8, 4) is 0 Å². The number of hydrogen-bond donors (Lipinski definition) is 1. The summed E-state index contributed by atoms with van der Waals surface area (Å²) in [6.45, 7) is 1.41. The summed E-state index contributed by atoms with van der Waals surface area (Å²) in [5.41, 5.74) is -3.81. The van der Waals surface area contributed by atoms with E-state index in [1.807, 2.05) is 0 Å². The molecule has 1 N–H and O–H groups in total. The van der Waals surface area contributed by atoms with Crippen LogP contribution in [0.5, 0.6) is 0 Å². The summed E-state index contributed by atoms with van der Waals surface area (Å²) >= 11 is 0. The SMILES string of the molecule is CC(=O)N(C)c1cc(CN(Cc2cc(C(F)(F)F)cc(C(F)(F)F)c2)C(=O)C2(CC3CC3)CCNC2)ccc1F. The Morgan fingerprint density at radius 2 is 1.55 bits per heavy atom. The Morgan fingerprint density at radius 1 is 0.950 bits per heavy atom. The van der Waals surface area contributed by atoms with E-state index in [0.29, 0.717) is 49.5 Å². The Morgan fingerprint density at radius 3 is 2.05 bits per heavy atom. The maximum Gasteiger partial charge on any atom is 0.416 e. The van der Waals surface area contributed by atoms with Gasteiger partial charge in [0.1, 0.15) is 5.82 Å². The zero-order chi connectivity index (χ0) is 29.5. The van der Waals surface area contributed by atoms with Crippen LogP contribution in [-0.2, 0) is 35.0 Å². The fraction of sp³-hybridized carbons (Fsp3) is 0.500. The van der Waals surface area contributed by atoms with Crippen molar-refractivity contribution in [2.75, 3.05) is 25.0 Å². The topological polar surface area (TPSA) is 52.7 Å². The van der Waals surface area contributed by atoms with Gasteiger partial charge >= 0.3 is 12.4 Å². The number of amides is 2. The number of carbonyl (C=O) groups excluding carboxylic acids is 2. The zero-order valence-corrected chi connectivity index (χ0v) is 22.1. The summed E-state index contributed by atoms with van der Waals surface area (Å²) in [4.78, 5) is 28.3. The average molecular weight is 574 g/mol. The van der Waals surface area contributed by atoms with Gasteiger partial charge in [0.25, 0.3) is 0 Å². The van der Waals surface area contributed by atoms with E-state index >= 15 is 0 Å². The molecule has 0 spiro atoms. The molecule has 2 aromatic rings. The van der Waals surface area contributed by atoms with Crippen molar-refractivity contribution in [2.24, 2.45) is 11.3 Å². The molecule has 2 amide bonds. The molecule has 5 nitrogen and oxygen atoms in total. The van der Waals surface area contributed by atoms with Crippen molar-refractivity contribution >= 4 is 17.5 Å². The molecule has 40 heavy (non-hydrogen) atoms. The number of hydrogen-bond acceptors (Lipinski definition) is 3. The standard InChI is InChI=1S/C28H30F7N3O2/c1-17(39)37(2)24-11-19(5-6-23(24)29)14-38(25(40)26(7-8-36-16-26)13-18-3-4-18)15-20-9-21(27(30,31)32)12-22(10-20)28(33,34)35/h5-6,9-12,18,36H,3-4,7-8,13-16H2,1-2H3. The number of nitrogens with one attached hydrogen (secondary N) is 1. The molecule has 0 bridgehead atoms. The van der Waals surface area contributed by atoms with Gasteiger partial charge in [-0.15, -0.1) is 0 Å². The molecule has 12 heteroatoms. The lowest BCUT2D eigenvalue weighted by atomic mass is 9.80. The van der Waals surface area contributed by atoms with Crippen LogP contribution in [0.15, 0.2) is 36.4 Å². The molecule has 218 valence electrons. The minimum atomic E-state index is -5.03. The quantitative estimate of drug-likeness (QED) is 0.386. The van der Waals surface area contributed by atoms with Crippen LogP contribution in [0, 0.1) is 17.2 Å². The molecule has 0 radical (unpaired) electrons. The molecule has 1 unspecified atom stereocenters. The molecule has 1 atom stereocenters. The lowest BCUT2D eigenvalue weighted by Gasteiger charge is -2.35. The highest BCUT2D eigenvalue weighted by Gasteiger charge is 2.47. The predicted octanol–water partition coefficient (Wildman–Crippen LogP) is 6.15. The normalized spacial score (nSPS) is 19.5. The van der Waals surface area contributed by atoms with Crippen molar-refractivity contribution in [1.29, 1.82) is 0 Å². The third-order valence-corrected chi connectivity index (χ3v) is 7.60. The summed E-state index contributed by atoms with van der Waals surface area (Å²) < 4.78 is 95.7. The van der Waals surface area contributed by atoms with Crippen LogP contribution < -0.4 is 10.2 Å². The van der Waals surface area contributed by atoms with Gasteiger partial charge in [-0.1, -0.05) is 18.9 Å². The van der Waals surface area contributed by atoms with E-state index in [2.05, 4.69) is 5.32 Å². The Bertz CT molecular complexity index is 1230. The van der Waals surface area contributed by atoms with Crippen LogP contribution in [0.25, 0.3) is 0 Å². The molecule has 1 heterocycles. The van der Waals surface area contributed by atoms with Gasteiger partial charge in [-0.05, 0) is 66.8 Å².